The van der Waals surface area contributed by atoms with E-state index < -0.39 is 12.2 Å². The van der Waals surface area contributed by atoms with Crippen LogP contribution in [0.2, 0.25) is 0 Å². The second-order valence-electron chi connectivity index (χ2n) is 6.50. The van der Waals surface area contributed by atoms with Crippen LogP contribution >= 0.6 is 0 Å². The van der Waals surface area contributed by atoms with Gasteiger partial charge in [-0.3, -0.25) is 9.69 Å². The molecule has 0 aromatic heterocycles. The smallest absolute Gasteiger partial charge is 0.404 e. The zero-order valence-corrected chi connectivity index (χ0v) is 13.5. The number of hydrogen-bond acceptors (Lipinski definition) is 3. The second kappa shape index (κ2) is 6.63. The number of carbonyl (C=O) groups excluding carboxylic acids is 1. The molecule has 3 rings (SSSR count). The van der Waals surface area contributed by atoms with Crippen molar-refractivity contribution in [2.24, 2.45) is 0 Å². The topological polar surface area (TPSA) is 41.6 Å². The van der Waals surface area contributed by atoms with Gasteiger partial charge >= 0.3 is 6.18 Å². The first-order chi connectivity index (χ1) is 11.3. The van der Waals surface area contributed by atoms with E-state index >= 15 is 0 Å². The Bertz CT molecular complexity index is 618. The monoisotopic (exact) mass is 342 g/mol. The Kier molecular flexibility index (Phi) is 4.71. The number of piperidine rings is 1. The molecule has 0 saturated carbocycles. The molecule has 0 bridgehead atoms. The van der Waals surface area contributed by atoms with E-state index in [4.69, 9.17) is 4.74 Å². The van der Waals surface area contributed by atoms with Gasteiger partial charge in [-0.2, -0.15) is 13.2 Å². The summed E-state index contributed by atoms with van der Waals surface area (Å²) in [7, 11) is 0. The number of likely N-dealkylation sites (tertiary alicyclic amines) is 1. The number of nitrogens with zero attached hydrogens (tertiary/aromatic N) is 1. The standard InChI is InChI=1S/C17H21F3N2O2/c1-11(23)21-14-3-5-16(17(18,19)20)22(10-14)9-12-2-4-15-13(8-12)6-7-24-15/h2,4,8,14,16H,3,5-7,9-10H2,1H3,(H,21,23). The van der Waals surface area contributed by atoms with Crippen LogP contribution in [0.4, 0.5) is 13.2 Å². The van der Waals surface area contributed by atoms with Crippen molar-refractivity contribution in [1.29, 1.82) is 0 Å². The maximum Gasteiger partial charge on any atom is 0.404 e. The Hall–Kier alpha value is -1.76. The highest BCUT2D eigenvalue weighted by Gasteiger charge is 2.46. The van der Waals surface area contributed by atoms with Crippen molar-refractivity contribution in [3.8, 4) is 5.75 Å². The molecule has 1 aromatic rings. The molecule has 2 aliphatic heterocycles. The molecule has 1 N–H and O–H groups in total. The number of rotatable bonds is 3. The molecule has 0 radical (unpaired) electrons. The summed E-state index contributed by atoms with van der Waals surface area (Å²) >= 11 is 0. The van der Waals surface area contributed by atoms with E-state index in [2.05, 4.69) is 5.32 Å². The van der Waals surface area contributed by atoms with E-state index in [1.807, 2.05) is 18.2 Å². The predicted molar refractivity (Wildman–Crippen MR) is 82.7 cm³/mol. The van der Waals surface area contributed by atoms with Crippen molar-refractivity contribution in [3.05, 3.63) is 29.3 Å². The summed E-state index contributed by atoms with van der Waals surface area (Å²) in [5.41, 5.74) is 1.89. The van der Waals surface area contributed by atoms with Gasteiger partial charge in [0.2, 0.25) is 5.91 Å². The Morgan fingerprint density at radius 3 is 2.88 bits per heavy atom. The Morgan fingerprint density at radius 2 is 2.17 bits per heavy atom. The molecular formula is C17H21F3N2O2. The van der Waals surface area contributed by atoms with Gasteiger partial charge in [0.05, 0.1) is 6.61 Å². The number of benzene rings is 1. The summed E-state index contributed by atoms with van der Waals surface area (Å²) in [5.74, 6) is 0.612. The molecule has 1 amide bonds. The second-order valence-corrected chi connectivity index (χ2v) is 6.50. The predicted octanol–water partition coefficient (Wildman–Crippen LogP) is 2.65. The fraction of sp³-hybridized carbons (Fsp3) is 0.588. The van der Waals surface area contributed by atoms with Crippen LogP contribution < -0.4 is 10.1 Å². The summed E-state index contributed by atoms with van der Waals surface area (Å²) in [5, 5.41) is 2.74. The summed E-state index contributed by atoms with van der Waals surface area (Å²) in [6.45, 7) is 2.43. The summed E-state index contributed by atoms with van der Waals surface area (Å²) in [6, 6.07) is 3.87. The quantitative estimate of drug-likeness (QED) is 0.918. The fourth-order valence-corrected chi connectivity index (χ4v) is 3.57. The first-order valence-electron chi connectivity index (χ1n) is 8.15. The lowest BCUT2D eigenvalue weighted by Gasteiger charge is -2.40. The van der Waals surface area contributed by atoms with Crippen molar-refractivity contribution in [2.75, 3.05) is 13.2 Å². The van der Waals surface area contributed by atoms with Crippen LogP contribution in [0.1, 0.15) is 30.9 Å². The minimum absolute atomic E-state index is 0.00248. The van der Waals surface area contributed by atoms with E-state index in [0.717, 1.165) is 23.3 Å². The molecule has 2 heterocycles. The van der Waals surface area contributed by atoms with Crippen LogP contribution in [-0.2, 0) is 17.8 Å². The number of nitrogens with one attached hydrogen (secondary N) is 1. The lowest BCUT2D eigenvalue weighted by Crippen LogP contribution is -2.55. The molecule has 0 aliphatic carbocycles. The average Bonchev–Trinajstić information content (AvgIpc) is 2.93. The molecule has 0 spiro atoms. The Morgan fingerprint density at radius 1 is 1.38 bits per heavy atom. The number of ether oxygens (including phenoxy) is 1. The lowest BCUT2D eigenvalue weighted by atomic mass is 9.96. The summed E-state index contributed by atoms with van der Waals surface area (Å²) in [4.78, 5) is 12.6. The van der Waals surface area contributed by atoms with E-state index in [1.165, 1.54) is 11.8 Å². The maximum absolute atomic E-state index is 13.4. The van der Waals surface area contributed by atoms with Crippen molar-refractivity contribution in [3.63, 3.8) is 0 Å². The summed E-state index contributed by atoms with van der Waals surface area (Å²) in [6.07, 6.45) is -3.12. The van der Waals surface area contributed by atoms with Crippen LogP contribution in [-0.4, -0.2) is 42.2 Å². The zero-order valence-electron chi connectivity index (χ0n) is 13.5. The number of hydrogen-bond donors (Lipinski definition) is 1. The number of amides is 1. The first-order valence-corrected chi connectivity index (χ1v) is 8.15. The van der Waals surface area contributed by atoms with Crippen LogP contribution in [0, 0.1) is 0 Å². The molecule has 2 atom stereocenters. The molecule has 24 heavy (non-hydrogen) atoms. The molecule has 1 aromatic carbocycles. The van der Waals surface area contributed by atoms with Crippen molar-refractivity contribution >= 4 is 5.91 Å². The highest BCUT2D eigenvalue weighted by atomic mass is 19.4. The highest BCUT2D eigenvalue weighted by Crippen LogP contribution is 2.34. The molecule has 7 heteroatoms. The Balaban J connectivity index is 1.76. The van der Waals surface area contributed by atoms with E-state index in [-0.39, 0.29) is 31.5 Å². The molecular weight excluding hydrogens is 321 g/mol. The van der Waals surface area contributed by atoms with E-state index in [1.54, 1.807) is 0 Å². The van der Waals surface area contributed by atoms with Crippen molar-refractivity contribution in [2.45, 2.75) is 51.0 Å². The molecule has 132 valence electrons. The van der Waals surface area contributed by atoms with Crippen LogP contribution in [0.3, 0.4) is 0 Å². The summed E-state index contributed by atoms with van der Waals surface area (Å²) < 4.78 is 45.5. The van der Waals surface area contributed by atoms with Crippen LogP contribution in [0.5, 0.6) is 5.75 Å². The van der Waals surface area contributed by atoms with Gasteiger partial charge in [-0.05, 0) is 30.0 Å². The molecule has 4 nitrogen and oxygen atoms in total. The lowest BCUT2D eigenvalue weighted by molar-refractivity contribution is -0.194. The first kappa shape index (κ1) is 17.1. The number of halogens is 3. The third-order valence-corrected chi connectivity index (χ3v) is 4.61. The minimum Gasteiger partial charge on any atom is -0.493 e. The van der Waals surface area contributed by atoms with Gasteiger partial charge in [0.1, 0.15) is 11.8 Å². The van der Waals surface area contributed by atoms with Gasteiger partial charge < -0.3 is 10.1 Å². The van der Waals surface area contributed by atoms with Gasteiger partial charge in [0.25, 0.3) is 0 Å². The van der Waals surface area contributed by atoms with Crippen LogP contribution in [0.25, 0.3) is 0 Å². The van der Waals surface area contributed by atoms with Gasteiger partial charge in [-0.15, -0.1) is 0 Å². The fourth-order valence-electron chi connectivity index (χ4n) is 3.57. The van der Waals surface area contributed by atoms with Gasteiger partial charge in [0.15, 0.2) is 0 Å². The molecule has 2 unspecified atom stereocenters. The number of fused-ring (bicyclic) bond motifs is 1. The van der Waals surface area contributed by atoms with Crippen molar-refractivity contribution < 1.29 is 22.7 Å². The van der Waals surface area contributed by atoms with Crippen LogP contribution in [0.15, 0.2) is 18.2 Å². The maximum atomic E-state index is 13.4. The van der Waals surface area contributed by atoms with Gasteiger partial charge in [-0.25, -0.2) is 0 Å². The SMILES string of the molecule is CC(=O)NC1CCC(C(F)(F)F)N(Cc2ccc3c(c2)CCO3)C1. The number of alkyl halides is 3. The van der Waals surface area contributed by atoms with E-state index in [0.29, 0.717) is 13.0 Å². The van der Waals surface area contributed by atoms with E-state index in [9.17, 15) is 18.0 Å². The van der Waals surface area contributed by atoms with Crippen molar-refractivity contribution in [1.82, 2.24) is 10.2 Å². The normalized spacial score (nSPS) is 24.3. The Labute approximate surface area is 139 Å². The average molecular weight is 342 g/mol. The highest BCUT2D eigenvalue weighted by molar-refractivity contribution is 5.73. The van der Waals surface area contributed by atoms with Gasteiger partial charge in [0, 0.05) is 32.5 Å². The third kappa shape index (κ3) is 3.83. The largest absolute Gasteiger partial charge is 0.493 e. The van der Waals surface area contributed by atoms with Gasteiger partial charge in [-0.1, -0.05) is 12.1 Å². The third-order valence-electron chi connectivity index (χ3n) is 4.61. The number of carbonyl (C=O) groups is 1. The molecule has 1 saturated heterocycles. The molecule has 1 fully saturated rings. The minimum atomic E-state index is -4.26. The zero-order chi connectivity index (χ0) is 17.3. The molecule has 2 aliphatic rings.